The van der Waals surface area contributed by atoms with Crippen LogP contribution in [-0.4, -0.2) is 18.3 Å². The fraction of sp³-hybridized carbons (Fsp3) is 0.500. The lowest BCUT2D eigenvalue weighted by Gasteiger charge is -2.26. The summed E-state index contributed by atoms with van der Waals surface area (Å²) in [5.41, 5.74) is 3.76. The van der Waals surface area contributed by atoms with Crippen molar-refractivity contribution in [2.45, 2.75) is 58.3 Å². The molecule has 2 aromatic rings. The molecule has 3 rings (SSSR count). The van der Waals surface area contributed by atoms with Crippen molar-refractivity contribution in [1.29, 1.82) is 0 Å². The standard InChI is InChI=1S/C20H25NO2S/c1-4-23-18(22)8-6-5-7-12-20(3)14(2)21-19-15-11-13-24-17(15)10-9-16(19)20/h9-11,13H,4-8,12H2,1-3H3. The predicted molar refractivity (Wildman–Crippen MR) is 102 cm³/mol. The maximum absolute atomic E-state index is 11.4. The molecule has 0 aliphatic carbocycles. The van der Waals surface area contributed by atoms with Crippen LogP contribution in [0.4, 0.5) is 5.69 Å². The summed E-state index contributed by atoms with van der Waals surface area (Å²) in [7, 11) is 0. The van der Waals surface area contributed by atoms with Crippen LogP contribution in [0.5, 0.6) is 0 Å². The molecule has 0 N–H and O–H groups in total. The smallest absolute Gasteiger partial charge is 0.305 e. The summed E-state index contributed by atoms with van der Waals surface area (Å²) >= 11 is 1.77. The fourth-order valence-electron chi connectivity index (χ4n) is 3.55. The molecule has 1 aromatic carbocycles. The number of ether oxygens (including phenoxy) is 1. The minimum atomic E-state index is -0.0764. The number of esters is 1. The third-order valence-electron chi connectivity index (χ3n) is 5.14. The van der Waals surface area contributed by atoms with E-state index >= 15 is 0 Å². The molecule has 2 heterocycles. The van der Waals surface area contributed by atoms with E-state index in [0.29, 0.717) is 13.0 Å². The zero-order valence-electron chi connectivity index (χ0n) is 14.7. The highest BCUT2D eigenvalue weighted by molar-refractivity contribution is 7.17. The zero-order valence-corrected chi connectivity index (χ0v) is 15.5. The maximum atomic E-state index is 11.4. The molecule has 0 fully saturated rings. The summed E-state index contributed by atoms with van der Waals surface area (Å²) < 4.78 is 6.29. The summed E-state index contributed by atoms with van der Waals surface area (Å²) in [4.78, 5) is 16.3. The van der Waals surface area contributed by atoms with Gasteiger partial charge in [0, 0.05) is 27.6 Å². The highest BCUT2D eigenvalue weighted by atomic mass is 32.1. The van der Waals surface area contributed by atoms with Gasteiger partial charge in [0.05, 0.1) is 12.3 Å². The maximum Gasteiger partial charge on any atom is 0.305 e. The summed E-state index contributed by atoms with van der Waals surface area (Å²) in [5.74, 6) is -0.0764. The average molecular weight is 343 g/mol. The highest BCUT2D eigenvalue weighted by Gasteiger charge is 2.37. The molecule has 0 spiro atoms. The largest absolute Gasteiger partial charge is 0.466 e. The number of hydrogen-bond donors (Lipinski definition) is 0. The van der Waals surface area contributed by atoms with Crippen LogP contribution in [0.1, 0.15) is 58.4 Å². The second-order valence-electron chi connectivity index (χ2n) is 6.69. The van der Waals surface area contributed by atoms with E-state index in [4.69, 9.17) is 9.73 Å². The van der Waals surface area contributed by atoms with E-state index in [0.717, 1.165) is 25.7 Å². The van der Waals surface area contributed by atoms with E-state index in [2.05, 4.69) is 37.4 Å². The van der Waals surface area contributed by atoms with Gasteiger partial charge in [-0.3, -0.25) is 9.79 Å². The Hall–Kier alpha value is -1.68. The first-order valence-corrected chi connectivity index (χ1v) is 9.66. The van der Waals surface area contributed by atoms with E-state index in [-0.39, 0.29) is 11.4 Å². The number of nitrogens with zero attached hydrogens (tertiary/aromatic N) is 1. The van der Waals surface area contributed by atoms with Gasteiger partial charge < -0.3 is 4.74 Å². The van der Waals surface area contributed by atoms with Gasteiger partial charge in [0.15, 0.2) is 0 Å². The minimum absolute atomic E-state index is 0.0232. The summed E-state index contributed by atoms with van der Waals surface area (Å²) in [6.07, 6.45) is 4.67. The topological polar surface area (TPSA) is 38.7 Å². The van der Waals surface area contributed by atoms with Gasteiger partial charge in [0.1, 0.15) is 0 Å². The Kier molecular flexibility index (Phi) is 5.04. The third kappa shape index (κ3) is 3.12. The molecule has 0 saturated heterocycles. The van der Waals surface area contributed by atoms with Gasteiger partial charge in [0.25, 0.3) is 0 Å². The second-order valence-corrected chi connectivity index (χ2v) is 7.64. The van der Waals surface area contributed by atoms with Crippen LogP contribution in [0.2, 0.25) is 0 Å². The van der Waals surface area contributed by atoms with Gasteiger partial charge in [-0.15, -0.1) is 11.3 Å². The molecular formula is C20H25NO2S. The highest BCUT2D eigenvalue weighted by Crippen LogP contribution is 2.47. The fourth-order valence-corrected chi connectivity index (χ4v) is 4.34. The summed E-state index contributed by atoms with van der Waals surface area (Å²) in [6, 6.07) is 6.67. The molecule has 128 valence electrons. The molecule has 24 heavy (non-hydrogen) atoms. The van der Waals surface area contributed by atoms with Gasteiger partial charge in [0.2, 0.25) is 0 Å². The molecule has 1 unspecified atom stereocenters. The molecule has 3 nitrogen and oxygen atoms in total. The van der Waals surface area contributed by atoms with Crippen molar-refractivity contribution in [3.8, 4) is 0 Å². The van der Waals surface area contributed by atoms with Crippen LogP contribution in [0.25, 0.3) is 10.1 Å². The van der Waals surface area contributed by atoms with Gasteiger partial charge in [-0.05, 0) is 49.8 Å². The molecule has 0 amide bonds. The Morgan fingerprint density at radius 3 is 2.88 bits per heavy atom. The average Bonchev–Trinajstić information content (AvgIpc) is 3.12. The molecule has 0 radical (unpaired) electrons. The first kappa shape index (κ1) is 17.2. The first-order chi connectivity index (χ1) is 11.6. The number of rotatable bonds is 7. The number of hydrogen-bond acceptors (Lipinski definition) is 4. The molecule has 1 aromatic heterocycles. The van der Waals surface area contributed by atoms with Gasteiger partial charge in [-0.1, -0.05) is 25.8 Å². The number of carbonyl (C=O) groups excluding carboxylic acids is 1. The Bertz CT molecular complexity index is 777. The number of carbonyl (C=O) groups is 1. The van der Waals surface area contributed by atoms with E-state index < -0.39 is 0 Å². The monoisotopic (exact) mass is 343 g/mol. The zero-order chi connectivity index (χ0) is 17.2. The Morgan fingerprint density at radius 1 is 1.25 bits per heavy atom. The van der Waals surface area contributed by atoms with Crippen molar-refractivity contribution >= 4 is 38.8 Å². The molecule has 4 heteroatoms. The van der Waals surface area contributed by atoms with Crippen molar-refractivity contribution in [3.05, 3.63) is 29.1 Å². The Morgan fingerprint density at radius 2 is 2.08 bits per heavy atom. The molecule has 1 aliphatic heterocycles. The van der Waals surface area contributed by atoms with Crippen molar-refractivity contribution < 1.29 is 9.53 Å². The van der Waals surface area contributed by atoms with Gasteiger partial charge in [-0.25, -0.2) is 0 Å². The van der Waals surface area contributed by atoms with Crippen LogP contribution in [0.3, 0.4) is 0 Å². The number of thiophene rings is 1. The third-order valence-corrected chi connectivity index (χ3v) is 6.02. The van der Waals surface area contributed by atoms with E-state index in [1.807, 2.05) is 6.92 Å². The SMILES string of the molecule is CCOC(=O)CCCCCC1(C)C(C)=Nc2c1ccc1sccc21. The first-order valence-electron chi connectivity index (χ1n) is 8.78. The van der Waals surface area contributed by atoms with Crippen molar-refractivity contribution in [2.75, 3.05) is 6.61 Å². The molecule has 0 bridgehead atoms. The van der Waals surface area contributed by atoms with E-state index in [9.17, 15) is 4.79 Å². The van der Waals surface area contributed by atoms with Crippen LogP contribution in [0.15, 0.2) is 28.6 Å². The quantitative estimate of drug-likeness (QED) is 0.472. The van der Waals surface area contributed by atoms with Crippen LogP contribution in [-0.2, 0) is 14.9 Å². The lowest BCUT2D eigenvalue weighted by atomic mass is 9.75. The van der Waals surface area contributed by atoms with Crippen molar-refractivity contribution in [2.24, 2.45) is 4.99 Å². The van der Waals surface area contributed by atoms with E-state index in [1.165, 1.54) is 27.0 Å². The lowest BCUT2D eigenvalue weighted by Crippen LogP contribution is -2.27. The Balaban J connectivity index is 1.64. The molecule has 1 atom stereocenters. The number of benzene rings is 1. The van der Waals surface area contributed by atoms with Crippen LogP contribution < -0.4 is 0 Å². The predicted octanol–water partition coefficient (Wildman–Crippen LogP) is 5.78. The summed E-state index contributed by atoms with van der Waals surface area (Å²) in [5, 5.41) is 3.42. The van der Waals surface area contributed by atoms with Gasteiger partial charge >= 0.3 is 5.97 Å². The molecule has 1 aliphatic rings. The number of fused-ring (bicyclic) bond motifs is 3. The van der Waals surface area contributed by atoms with Crippen molar-refractivity contribution in [1.82, 2.24) is 0 Å². The van der Waals surface area contributed by atoms with Crippen molar-refractivity contribution in [3.63, 3.8) is 0 Å². The molecule has 0 saturated carbocycles. The minimum Gasteiger partial charge on any atom is -0.466 e. The number of aliphatic imine (C=N–C) groups is 1. The lowest BCUT2D eigenvalue weighted by molar-refractivity contribution is -0.143. The summed E-state index contributed by atoms with van der Waals surface area (Å²) in [6.45, 7) is 6.78. The van der Waals surface area contributed by atoms with E-state index in [1.54, 1.807) is 11.3 Å². The second kappa shape index (κ2) is 7.06. The van der Waals surface area contributed by atoms with Crippen LogP contribution in [0, 0.1) is 0 Å². The number of unbranched alkanes of at least 4 members (excludes halogenated alkanes) is 2. The molecular weight excluding hydrogens is 318 g/mol. The normalized spacial score (nSPS) is 19.4. The Labute approximate surface area is 147 Å². The van der Waals surface area contributed by atoms with Crippen LogP contribution >= 0.6 is 11.3 Å². The van der Waals surface area contributed by atoms with Gasteiger partial charge in [-0.2, -0.15) is 0 Å².